The van der Waals surface area contributed by atoms with Gasteiger partial charge in [0.25, 0.3) is 0 Å². The number of benzene rings is 1. The fraction of sp³-hybridized carbons (Fsp3) is 0.471. The molecule has 1 aliphatic carbocycles. The average molecular weight is 331 g/mol. The second-order valence-corrected chi connectivity index (χ2v) is 6.35. The number of aromatic nitrogens is 3. The van der Waals surface area contributed by atoms with Crippen LogP contribution in [0.3, 0.4) is 0 Å². The maximum atomic E-state index is 9.96. The summed E-state index contributed by atoms with van der Waals surface area (Å²) >= 11 is 5.99. The Morgan fingerprint density at radius 1 is 1.26 bits per heavy atom. The van der Waals surface area contributed by atoms with Gasteiger partial charge in [-0.2, -0.15) is 10.4 Å². The monoisotopic (exact) mass is 330 g/mol. The maximum Gasteiger partial charge on any atom is 0.199 e. The van der Waals surface area contributed by atoms with Crippen LogP contribution in [0.2, 0.25) is 5.02 Å². The molecule has 1 aliphatic rings. The third-order valence-electron chi connectivity index (χ3n) is 4.26. The Hall–Kier alpha value is -1.90. The topological polar surface area (TPSA) is 63.7 Å². The van der Waals surface area contributed by atoms with E-state index in [1.54, 1.807) is 23.1 Å². The fourth-order valence-corrected chi connectivity index (χ4v) is 3.18. The molecule has 1 fully saturated rings. The molecule has 1 saturated carbocycles. The van der Waals surface area contributed by atoms with Crippen LogP contribution in [0.5, 0.6) is 0 Å². The Morgan fingerprint density at radius 3 is 2.61 bits per heavy atom. The number of halogens is 1. The van der Waals surface area contributed by atoms with Gasteiger partial charge in [0.1, 0.15) is 18.7 Å². The predicted molar refractivity (Wildman–Crippen MR) is 86.7 cm³/mol. The minimum Gasteiger partial charge on any atom is -0.351 e. The van der Waals surface area contributed by atoms with Crippen LogP contribution in [0.15, 0.2) is 36.9 Å². The van der Waals surface area contributed by atoms with Gasteiger partial charge in [0, 0.05) is 10.6 Å². The zero-order valence-electron chi connectivity index (χ0n) is 12.9. The van der Waals surface area contributed by atoms with Gasteiger partial charge in [0.15, 0.2) is 5.60 Å². The molecule has 2 aromatic rings. The Morgan fingerprint density at radius 2 is 2.00 bits per heavy atom. The number of nitriles is 1. The Kier molecular flexibility index (Phi) is 4.94. The van der Waals surface area contributed by atoms with Gasteiger partial charge in [0.2, 0.25) is 0 Å². The van der Waals surface area contributed by atoms with Crippen molar-refractivity contribution in [1.29, 1.82) is 5.26 Å². The van der Waals surface area contributed by atoms with E-state index in [0.29, 0.717) is 11.6 Å². The molecule has 0 radical (unpaired) electrons. The number of rotatable bonds is 5. The lowest BCUT2D eigenvalue weighted by Gasteiger charge is -2.33. The SMILES string of the molecule is N#CC(Cn1cncn1)(OC1CCCCC1)c1ccc(Cl)cc1. The van der Waals surface area contributed by atoms with Gasteiger partial charge in [-0.05, 0) is 25.0 Å². The molecule has 1 aromatic carbocycles. The summed E-state index contributed by atoms with van der Waals surface area (Å²) in [5.74, 6) is 0. The third kappa shape index (κ3) is 3.72. The van der Waals surface area contributed by atoms with E-state index >= 15 is 0 Å². The number of ether oxygens (including phenoxy) is 1. The van der Waals surface area contributed by atoms with Crippen molar-refractivity contribution >= 4 is 11.6 Å². The van der Waals surface area contributed by atoms with Crippen molar-refractivity contribution in [3.05, 3.63) is 47.5 Å². The maximum absolute atomic E-state index is 9.96. The highest BCUT2D eigenvalue weighted by Gasteiger charge is 2.37. The van der Waals surface area contributed by atoms with E-state index in [1.807, 2.05) is 12.1 Å². The van der Waals surface area contributed by atoms with E-state index in [1.165, 1.54) is 12.7 Å². The Labute approximate surface area is 140 Å². The lowest BCUT2D eigenvalue weighted by atomic mass is 9.92. The van der Waals surface area contributed by atoms with Crippen LogP contribution in [0.1, 0.15) is 37.7 Å². The molecule has 23 heavy (non-hydrogen) atoms. The predicted octanol–water partition coefficient (Wildman–Crippen LogP) is 3.70. The first-order valence-corrected chi connectivity index (χ1v) is 8.27. The smallest absolute Gasteiger partial charge is 0.199 e. The molecule has 6 heteroatoms. The Bertz CT molecular complexity index is 659. The highest BCUT2D eigenvalue weighted by molar-refractivity contribution is 6.30. The van der Waals surface area contributed by atoms with Gasteiger partial charge in [0.05, 0.1) is 12.6 Å². The van der Waals surface area contributed by atoms with Crippen LogP contribution >= 0.6 is 11.6 Å². The summed E-state index contributed by atoms with van der Waals surface area (Å²) in [4.78, 5) is 3.96. The molecular formula is C17H19ClN4O. The second-order valence-electron chi connectivity index (χ2n) is 5.92. The molecule has 0 N–H and O–H groups in total. The van der Waals surface area contributed by atoms with E-state index in [2.05, 4.69) is 16.2 Å². The Balaban J connectivity index is 1.92. The lowest BCUT2D eigenvalue weighted by Crippen LogP contribution is -2.38. The minimum absolute atomic E-state index is 0.0996. The summed E-state index contributed by atoms with van der Waals surface area (Å²) < 4.78 is 7.97. The fourth-order valence-electron chi connectivity index (χ4n) is 3.05. The van der Waals surface area contributed by atoms with Crippen molar-refractivity contribution in [2.45, 2.75) is 50.4 Å². The van der Waals surface area contributed by atoms with Gasteiger partial charge in [-0.1, -0.05) is 43.0 Å². The zero-order chi connectivity index (χ0) is 16.1. The summed E-state index contributed by atoms with van der Waals surface area (Å²) in [5, 5.41) is 14.7. The van der Waals surface area contributed by atoms with Crippen LogP contribution in [0, 0.1) is 11.3 Å². The largest absolute Gasteiger partial charge is 0.351 e. The normalized spacial score (nSPS) is 18.3. The molecule has 0 aliphatic heterocycles. The zero-order valence-corrected chi connectivity index (χ0v) is 13.6. The number of nitrogens with zero attached hydrogens (tertiary/aromatic N) is 4. The third-order valence-corrected chi connectivity index (χ3v) is 4.51. The van der Waals surface area contributed by atoms with Crippen LogP contribution in [0.4, 0.5) is 0 Å². The van der Waals surface area contributed by atoms with Crippen LogP contribution in [-0.4, -0.2) is 20.9 Å². The van der Waals surface area contributed by atoms with Crippen molar-refractivity contribution in [3.8, 4) is 6.07 Å². The van der Waals surface area contributed by atoms with Gasteiger partial charge in [-0.25, -0.2) is 9.67 Å². The van der Waals surface area contributed by atoms with Gasteiger partial charge < -0.3 is 4.74 Å². The van der Waals surface area contributed by atoms with Gasteiger partial charge in [-0.3, -0.25) is 0 Å². The summed E-state index contributed by atoms with van der Waals surface area (Å²) in [7, 11) is 0. The van der Waals surface area contributed by atoms with E-state index in [-0.39, 0.29) is 6.10 Å². The summed E-state index contributed by atoms with van der Waals surface area (Å²) in [6, 6.07) is 9.66. The van der Waals surface area contributed by atoms with E-state index in [9.17, 15) is 5.26 Å². The quantitative estimate of drug-likeness (QED) is 0.838. The molecule has 1 unspecified atom stereocenters. The molecule has 0 amide bonds. The molecule has 5 nitrogen and oxygen atoms in total. The standard InChI is InChI=1S/C17H19ClN4O/c18-15-8-6-14(7-9-15)17(10-19,11-22-13-20-12-21-22)23-16-4-2-1-3-5-16/h6-9,12-13,16H,1-5,11H2. The molecule has 0 saturated heterocycles. The first-order valence-electron chi connectivity index (χ1n) is 7.89. The molecule has 0 spiro atoms. The molecule has 3 rings (SSSR count). The summed E-state index contributed by atoms with van der Waals surface area (Å²) in [6.07, 6.45) is 8.69. The molecule has 1 heterocycles. The minimum atomic E-state index is -1.08. The van der Waals surface area contributed by atoms with Crippen LogP contribution in [-0.2, 0) is 16.9 Å². The average Bonchev–Trinajstić information content (AvgIpc) is 3.08. The van der Waals surface area contributed by atoms with Crippen molar-refractivity contribution in [2.24, 2.45) is 0 Å². The highest BCUT2D eigenvalue weighted by Crippen LogP contribution is 2.33. The van der Waals surface area contributed by atoms with Gasteiger partial charge >= 0.3 is 0 Å². The van der Waals surface area contributed by atoms with E-state index in [0.717, 1.165) is 31.2 Å². The first kappa shape index (κ1) is 16.0. The molecular weight excluding hydrogens is 312 g/mol. The number of hydrogen-bond donors (Lipinski definition) is 0. The molecule has 0 bridgehead atoms. The molecule has 1 atom stereocenters. The van der Waals surface area contributed by atoms with Crippen molar-refractivity contribution in [1.82, 2.24) is 14.8 Å². The lowest BCUT2D eigenvalue weighted by molar-refractivity contribution is -0.0868. The second kappa shape index (κ2) is 7.12. The van der Waals surface area contributed by atoms with Crippen LogP contribution < -0.4 is 0 Å². The summed E-state index contributed by atoms with van der Waals surface area (Å²) in [5.41, 5.74) is -0.286. The summed E-state index contributed by atoms with van der Waals surface area (Å²) in [6.45, 7) is 0.307. The molecule has 1 aromatic heterocycles. The van der Waals surface area contributed by atoms with Crippen molar-refractivity contribution in [3.63, 3.8) is 0 Å². The van der Waals surface area contributed by atoms with E-state index in [4.69, 9.17) is 16.3 Å². The van der Waals surface area contributed by atoms with Crippen molar-refractivity contribution in [2.75, 3.05) is 0 Å². The van der Waals surface area contributed by atoms with Crippen molar-refractivity contribution < 1.29 is 4.74 Å². The van der Waals surface area contributed by atoms with Crippen LogP contribution in [0.25, 0.3) is 0 Å². The van der Waals surface area contributed by atoms with E-state index < -0.39 is 5.60 Å². The highest BCUT2D eigenvalue weighted by atomic mass is 35.5. The molecule has 120 valence electrons. The van der Waals surface area contributed by atoms with Gasteiger partial charge in [-0.15, -0.1) is 0 Å². The first-order chi connectivity index (χ1) is 11.2. The number of hydrogen-bond acceptors (Lipinski definition) is 4.